The topological polar surface area (TPSA) is 135 Å². The third-order valence-electron chi connectivity index (χ3n) is 1.33. The SMILES string of the molecule is O=C(O)C[C@@H](C(=O)[O-])[C@@H](O)C(=O)O. The summed E-state index contributed by atoms with van der Waals surface area (Å²) in [6, 6.07) is 0. The number of carbonyl (C=O) groups excluding carboxylic acids is 1. The molecule has 0 heterocycles. The fourth-order valence-electron chi connectivity index (χ4n) is 0.684. The van der Waals surface area contributed by atoms with E-state index in [1.165, 1.54) is 0 Å². The van der Waals surface area contributed by atoms with Gasteiger partial charge in [0.25, 0.3) is 0 Å². The van der Waals surface area contributed by atoms with Crippen LogP contribution >= 0.6 is 0 Å². The molecule has 74 valence electrons. The average Bonchev–Trinajstić information content (AvgIpc) is 1.97. The number of aliphatic hydroxyl groups is 1. The van der Waals surface area contributed by atoms with Crippen LogP contribution in [0.2, 0.25) is 0 Å². The molecule has 0 saturated heterocycles. The minimum Gasteiger partial charge on any atom is -0.550 e. The van der Waals surface area contributed by atoms with Crippen molar-refractivity contribution in [2.75, 3.05) is 0 Å². The second-order valence-corrected chi connectivity index (χ2v) is 2.31. The van der Waals surface area contributed by atoms with Gasteiger partial charge in [-0.3, -0.25) is 4.79 Å². The number of hydrogen-bond acceptors (Lipinski definition) is 5. The maximum Gasteiger partial charge on any atom is 0.333 e. The van der Waals surface area contributed by atoms with E-state index in [0.717, 1.165) is 0 Å². The van der Waals surface area contributed by atoms with E-state index >= 15 is 0 Å². The number of hydrogen-bond donors (Lipinski definition) is 3. The van der Waals surface area contributed by atoms with E-state index in [0.29, 0.717) is 0 Å². The van der Waals surface area contributed by atoms with Crippen molar-refractivity contribution >= 4 is 17.9 Å². The summed E-state index contributed by atoms with van der Waals surface area (Å²) < 4.78 is 0. The van der Waals surface area contributed by atoms with Gasteiger partial charge in [-0.25, -0.2) is 4.79 Å². The Labute approximate surface area is 72.2 Å². The molecular formula is C6H7O7-. The zero-order valence-electron chi connectivity index (χ0n) is 6.34. The summed E-state index contributed by atoms with van der Waals surface area (Å²) >= 11 is 0. The Morgan fingerprint density at radius 1 is 1.23 bits per heavy atom. The number of carboxylic acids is 3. The Morgan fingerprint density at radius 3 is 1.92 bits per heavy atom. The number of carboxylic acid groups (broad SMARTS) is 3. The van der Waals surface area contributed by atoms with Crippen LogP contribution in [-0.2, 0) is 14.4 Å². The Bertz CT molecular complexity index is 233. The summed E-state index contributed by atoms with van der Waals surface area (Å²) in [5, 5.41) is 35.3. The molecule has 0 rings (SSSR count). The van der Waals surface area contributed by atoms with E-state index in [1.807, 2.05) is 0 Å². The average molecular weight is 191 g/mol. The van der Waals surface area contributed by atoms with Crippen molar-refractivity contribution in [2.45, 2.75) is 12.5 Å². The van der Waals surface area contributed by atoms with Gasteiger partial charge in [-0.2, -0.15) is 0 Å². The van der Waals surface area contributed by atoms with Crippen molar-refractivity contribution < 1.29 is 34.8 Å². The normalized spacial score (nSPS) is 14.5. The number of carbonyl (C=O) groups is 3. The van der Waals surface area contributed by atoms with Gasteiger partial charge in [-0.15, -0.1) is 0 Å². The fourth-order valence-corrected chi connectivity index (χ4v) is 0.684. The molecule has 0 bridgehead atoms. The Morgan fingerprint density at radius 2 is 1.69 bits per heavy atom. The Balaban J connectivity index is 4.51. The molecule has 3 N–H and O–H groups in total. The van der Waals surface area contributed by atoms with Gasteiger partial charge in [-0.05, 0) is 0 Å². The number of rotatable bonds is 5. The zero-order chi connectivity index (χ0) is 10.6. The molecule has 0 unspecified atom stereocenters. The number of aliphatic carboxylic acids is 3. The molecule has 0 fully saturated rings. The summed E-state index contributed by atoms with van der Waals surface area (Å²) in [4.78, 5) is 30.3. The lowest BCUT2D eigenvalue weighted by atomic mass is 9.99. The molecule has 7 heteroatoms. The van der Waals surface area contributed by atoms with Gasteiger partial charge in [0, 0.05) is 11.9 Å². The van der Waals surface area contributed by atoms with E-state index in [-0.39, 0.29) is 0 Å². The van der Waals surface area contributed by atoms with Crippen LogP contribution in [0.15, 0.2) is 0 Å². The highest BCUT2D eigenvalue weighted by Crippen LogP contribution is 2.08. The van der Waals surface area contributed by atoms with E-state index in [9.17, 15) is 19.5 Å². The largest absolute Gasteiger partial charge is 0.550 e. The van der Waals surface area contributed by atoms with Crippen molar-refractivity contribution in [3.8, 4) is 0 Å². The van der Waals surface area contributed by atoms with Gasteiger partial charge in [0.15, 0.2) is 6.10 Å². The smallest absolute Gasteiger partial charge is 0.333 e. The predicted octanol–water partition coefficient (Wildman–Crippen LogP) is -2.73. The van der Waals surface area contributed by atoms with Crippen LogP contribution in [0.5, 0.6) is 0 Å². The van der Waals surface area contributed by atoms with Crippen molar-refractivity contribution in [1.82, 2.24) is 0 Å². The fraction of sp³-hybridized carbons (Fsp3) is 0.500. The lowest BCUT2D eigenvalue weighted by molar-refractivity contribution is -0.314. The first-order chi connectivity index (χ1) is 5.86. The zero-order valence-corrected chi connectivity index (χ0v) is 6.34. The molecule has 2 atom stereocenters. The summed E-state index contributed by atoms with van der Waals surface area (Å²) in [6.45, 7) is 0. The molecule has 0 radical (unpaired) electrons. The van der Waals surface area contributed by atoms with Gasteiger partial charge in [0.1, 0.15) is 0 Å². The lowest BCUT2D eigenvalue weighted by Gasteiger charge is -2.18. The van der Waals surface area contributed by atoms with Crippen LogP contribution in [0.4, 0.5) is 0 Å². The Kier molecular flexibility index (Phi) is 3.86. The monoisotopic (exact) mass is 191 g/mol. The van der Waals surface area contributed by atoms with Gasteiger partial charge < -0.3 is 25.2 Å². The minimum absolute atomic E-state index is 0.990. The summed E-state index contributed by atoms with van der Waals surface area (Å²) in [7, 11) is 0. The van der Waals surface area contributed by atoms with E-state index in [2.05, 4.69) is 0 Å². The molecule has 0 aromatic rings. The van der Waals surface area contributed by atoms with Crippen LogP contribution in [-0.4, -0.2) is 39.3 Å². The third-order valence-corrected chi connectivity index (χ3v) is 1.33. The van der Waals surface area contributed by atoms with Crippen LogP contribution < -0.4 is 5.11 Å². The van der Waals surface area contributed by atoms with Gasteiger partial charge in [0.2, 0.25) is 0 Å². The van der Waals surface area contributed by atoms with E-state index < -0.39 is 36.4 Å². The van der Waals surface area contributed by atoms with Gasteiger partial charge >= 0.3 is 11.9 Å². The van der Waals surface area contributed by atoms with E-state index in [1.54, 1.807) is 0 Å². The summed E-state index contributed by atoms with van der Waals surface area (Å²) in [5.74, 6) is -7.16. The molecule has 7 nitrogen and oxygen atoms in total. The maximum absolute atomic E-state index is 10.2. The maximum atomic E-state index is 10.2. The first kappa shape index (κ1) is 11.4. The van der Waals surface area contributed by atoms with Crippen LogP contribution in [0.1, 0.15) is 6.42 Å². The van der Waals surface area contributed by atoms with E-state index in [4.69, 9.17) is 15.3 Å². The highest BCUT2D eigenvalue weighted by Gasteiger charge is 2.28. The highest BCUT2D eigenvalue weighted by atomic mass is 16.4. The third kappa shape index (κ3) is 3.52. The predicted molar refractivity (Wildman–Crippen MR) is 34.4 cm³/mol. The number of aliphatic hydroxyl groups excluding tert-OH is 1. The second kappa shape index (κ2) is 4.41. The standard InChI is InChI=1S/C6H8O7/c7-3(8)1-2(5(10)11)4(9)6(12)13/h2,4,9H,1H2,(H,7,8)(H,10,11)(H,12,13)/p-1/t2-,4-/m1/s1. The molecule has 0 spiro atoms. The van der Waals surface area contributed by atoms with Crippen LogP contribution in [0.3, 0.4) is 0 Å². The van der Waals surface area contributed by atoms with Crippen LogP contribution in [0.25, 0.3) is 0 Å². The van der Waals surface area contributed by atoms with Gasteiger partial charge in [0.05, 0.1) is 6.42 Å². The molecule has 0 aliphatic heterocycles. The molecule has 0 aromatic carbocycles. The van der Waals surface area contributed by atoms with Gasteiger partial charge in [-0.1, -0.05) is 0 Å². The lowest BCUT2D eigenvalue weighted by Crippen LogP contribution is -2.43. The molecule has 0 saturated carbocycles. The molecule has 0 aliphatic carbocycles. The molecular weight excluding hydrogens is 184 g/mol. The second-order valence-electron chi connectivity index (χ2n) is 2.31. The molecule has 0 aromatic heterocycles. The Hall–Kier alpha value is -1.63. The van der Waals surface area contributed by atoms with Crippen molar-refractivity contribution in [3.63, 3.8) is 0 Å². The van der Waals surface area contributed by atoms with Crippen molar-refractivity contribution in [2.24, 2.45) is 5.92 Å². The minimum atomic E-state index is -2.26. The summed E-state index contributed by atoms with van der Waals surface area (Å²) in [6.07, 6.45) is -3.25. The molecule has 0 aliphatic rings. The first-order valence-corrected chi connectivity index (χ1v) is 3.19. The summed E-state index contributed by atoms with van der Waals surface area (Å²) in [5.41, 5.74) is 0. The molecule has 13 heavy (non-hydrogen) atoms. The highest BCUT2D eigenvalue weighted by molar-refractivity contribution is 5.84. The molecule has 0 amide bonds. The van der Waals surface area contributed by atoms with Crippen molar-refractivity contribution in [3.05, 3.63) is 0 Å². The first-order valence-electron chi connectivity index (χ1n) is 3.19. The van der Waals surface area contributed by atoms with Crippen molar-refractivity contribution in [1.29, 1.82) is 0 Å². The van der Waals surface area contributed by atoms with Crippen LogP contribution in [0, 0.1) is 5.92 Å². The quantitative estimate of drug-likeness (QED) is 0.429.